The lowest BCUT2D eigenvalue weighted by Crippen LogP contribution is -2.26. The standard InChI is InChI=1S/C17H16Cl2N2O/c18-14-6-4-13(5-7-14)17-9-16(22-21-17)11-20-10-12-2-1-3-15(19)8-12/h1-8,16,20H,9-11H2. The van der Waals surface area contributed by atoms with Gasteiger partial charge >= 0.3 is 0 Å². The molecular formula is C17H16Cl2N2O. The number of rotatable bonds is 5. The normalized spacial score (nSPS) is 17.2. The Hall–Kier alpha value is -1.55. The van der Waals surface area contributed by atoms with Crippen molar-refractivity contribution in [2.45, 2.75) is 19.1 Å². The molecule has 1 N–H and O–H groups in total. The van der Waals surface area contributed by atoms with Gasteiger partial charge in [-0.2, -0.15) is 0 Å². The zero-order valence-electron chi connectivity index (χ0n) is 11.9. The topological polar surface area (TPSA) is 33.6 Å². The molecule has 0 spiro atoms. The van der Waals surface area contributed by atoms with Crippen LogP contribution in [0.3, 0.4) is 0 Å². The highest BCUT2D eigenvalue weighted by atomic mass is 35.5. The van der Waals surface area contributed by atoms with E-state index >= 15 is 0 Å². The van der Waals surface area contributed by atoms with Crippen LogP contribution >= 0.6 is 23.2 Å². The van der Waals surface area contributed by atoms with Gasteiger partial charge in [-0.05, 0) is 35.4 Å². The van der Waals surface area contributed by atoms with Crippen LogP contribution in [0, 0.1) is 0 Å². The van der Waals surface area contributed by atoms with Crippen LogP contribution in [-0.4, -0.2) is 18.4 Å². The molecular weight excluding hydrogens is 319 g/mol. The fourth-order valence-corrected chi connectivity index (χ4v) is 2.71. The first-order chi connectivity index (χ1) is 10.7. The minimum absolute atomic E-state index is 0.0601. The number of hydrogen-bond donors (Lipinski definition) is 1. The minimum atomic E-state index is 0.0601. The third-order valence-electron chi connectivity index (χ3n) is 3.50. The summed E-state index contributed by atoms with van der Waals surface area (Å²) in [5, 5.41) is 9.02. The molecule has 0 saturated heterocycles. The summed E-state index contributed by atoms with van der Waals surface area (Å²) in [5.41, 5.74) is 3.18. The Bertz CT molecular complexity index is 671. The van der Waals surface area contributed by atoms with Crippen molar-refractivity contribution in [3.05, 3.63) is 69.7 Å². The second kappa shape index (κ2) is 7.14. The number of hydrogen-bond acceptors (Lipinski definition) is 3. The number of benzene rings is 2. The van der Waals surface area contributed by atoms with E-state index < -0.39 is 0 Å². The van der Waals surface area contributed by atoms with E-state index in [1.807, 2.05) is 48.5 Å². The quantitative estimate of drug-likeness (QED) is 0.885. The summed E-state index contributed by atoms with van der Waals surface area (Å²) in [6, 6.07) is 15.5. The van der Waals surface area contributed by atoms with Gasteiger partial charge in [0.2, 0.25) is 0 Å². The molecule has 114 valence electrons. The summed E-state index contributed by atoms with van der Waals surface area (Å²) < 4.78 is 0. The maximum absolute atomic E-state index is 5.97. The van der Waals surface area contributed by atoms with E-state index in [4.69, 9.17) is 28.0 Å². The Morgan fingerprint density at radius 2 is 1.91 bits per heavy atom. The first-order valence-corrected chi connectivity index (χ1v) is 7.90. The Morgan fingerprint density at radius 1 is 1.09 bits per heavy atom. The summed E-state index contributed by atoms with van der Waals surface area (Å²) in [6.45, 7) is 1.50. The van der Waals surface area contributed by atoms with E-state index in [0.717, 1.165) is 46.4 Å². The highest BCUT2D eigenvalue weighted by Crippen LogP contribution is 2.18. The van der Waals surface area contributed by atoms with Gasteiger partial charge in [0.05, 0.1) is 5.71 Å². The van der Waals surface area contributed by atoms with Gasteiger partial charge in [0.1, 0.15) is 6.10 Å². The molecule has 1 aliphatic heterocycles. The number of halogens is 2. The van der Waals surface area contributed by atoms with Crippen molar-refractivity contribution in [3.63, 3.8) is 0 Å². The highest BCUT2D eigenvalue weighted by molar-refractivity contribution is 6.30. The van der Waals surface area contributed by atoms with E-state index in [1.165, 1.54) is 0 Å². The molecule has 2 aromatic rings. The molecule has 5 heteroatoms. The first kappa shape index (κ1) is 15.3. The lowest BCUT2D eigenvalue weighted by atomic mass is 10.1. The van der Waals surface area contributed by atoms with Gasteiger partial charge in [-0.15, -0.1) is 0 Å². The Morgan fingerprint density at radius 3 is 2.68 bits per heavy atom. The van der Waals surface area contributed by atoms with Crippen LogP contribution in [0.4, 0.5) is 0 Å². The largest absolute Gasteiger partial charge is 0.390 e. The smallest absolute Gasteiger partial charge is 0.145 e. The van der Waals surface area contributed by atoms with E-state index in [-0.39, 0.29) is 6.10 Å². The van der Waals surface area contributed by atoms with Crippen LogP contribution in [0.25, 0.3) is 0 Å². The number of nitrogens with one attached hydrogen (secondary N) is 1. The van der Waals surface area contributed by atoms with Crippen LogP contribution in [0.1, 0.15) is 17.5 Å². The van der Waals surface area contributed by atoms with E-state index in [0.29, 0.717) is 0 Å². The molecule has 3 rings (SSSR count). The van der Waals surface area contributed by atoms with Crippen LogP contribution in [0.5, 0.6) is 0 Å². The molecule has 0 amide bonds. The van der Waals surface area contributed by atoms with Crippen molar-refractivity contribution in [2.75, 3.05) is 6.54 Å². The molecule has 1 aliphatic rings. The summed E-state index contributed by atoms with van der Waals surface area (Å²) >= 11 is 11.9. The van der Waals surface area contributed by atoms with Gasteiger partial charge in [-0.3, -0.25) is 0 Å². The molecule has 0 aliphatic carbocycles. The molecule has 1 unspecified atom stereocenters. The molecule has 1 atom stereocenters. The maximum atomic E-state index is 5.97. The van der Waals surface area contributed by atoms with Gasteiger partial charge in [-0.25, -0.2) is 0 Å². The maximum Gasteiger partial charge on any atom is 0.145 e. The molecule has 3 nitrogen and oxygen atoms in total. The second-order valence-electron chi connectivity index (χ2n) is 5.24. The van der Waals surface area contributed by atoms with Crippen molar-refractivity contribution in [2.24, 2.45) is 5.16 Å². The number of nitrogens with zero attached hydrogens (tertiary/aromatic N) is 1. The molecule has 0 saturated carbocycles. The van der Waals surface area contributed by atoms with Gasteiger partial charge in [0, 0.05) is 29.6 Å². The molecule has 0 radical (unpaired) electrons. The van der Waals surface area contributed by atoms with Crippen LogP contribution < -0.4 is 5.32 Å². The van der Waals surface area contributed by atoms with E-state index in [2.05, 4.69) is 10.5 Å². The summed E-state index contributed by atoms with van der Waals surface area (Å²) in [4.78, 5) is 5.48. The Balaban J connectivity index is 1.47. The second-order valence-corrected chi connectivity index (χ2v) is 6.11. The lowest BCUT2D eigenvalue weighted by molar-refractivity contribution is 0.0848. The van der Waals surface area contributed by atoms with Gasteiger partial charge in [-0.1, -0.05) is 52.6 Å². The van der Waals surface area contributed by atoms with Crippen molar-refractivity contribution >= 4 is 28.9 Å². The van der Waals surface area contributed by atoms with Crippen molar-refractivity contribution < 1.29 is 4.84 Å². The van der Waals surface area contributed by atoms with Crippen LogP contribution in [0.15, 0.2) is 53.7 Å². The fourth-order valence-electron chi connectivity index (χ4n) is 2.38. The highest BCUT2D eigenvalue weighted by Gasteiger charge is 2.21. The van der Waals surface area contributed by atoms with Crippen molar-refractivity contribution in [1.82, 2.24) is 5.32 Å². The van der Waals surface area contributed by atoms with E-state index in [9.17, 15) is 0 Å². The first-order valence-electron chi connectivity index (χ1n) is 7.14. The van der Waals surface area contributed by atoms with Crippen LogP contribution in [0.2, 0.25) is 10.0 Å². The van der Waals surface area contributed by atoms with Crippen molar-refractivity contribution in [1.29, 1.82) is 0 Å². The number of oxime groups is 1. The summed E-state index contributed by atoms with van der Waals surface area (Å²) in [5.74, 6) is 0. The van der Waals surface area contributed by atoms with Crippen LogP contribution in [-0.2, 0) is 11.4 Å². The predicted molar refractivity (Wildman–Crippen MR) is 90.6 cm³/mol. The lowest BCUT2D eigenvalue weighted by Gasteiger charge is -2.10. The van der Waals surface area contributed by atoms with Gasteiger partial charge < -0.3 is 10.2 Å². The third kappa shape index (κ3) is 4.01. The molecule has 0 aromatic heterocycles. The molecule has 0 bridgehead atoms. The van der Waals surface area contributed by atoms with Crippen molar-refractivity contribution in [3.8, 4) is 0 Å². The third-order valence-corrected chi connectivity index (χ3v) is 3.99. The molecule has 0 fully saturated rings. The Kier molecular flexibility index (Phi) is 4.98. The molecule has 1 heterocycles. The average molecular weight is 335 g/mol. The van der Waals surface area contributed by atoms with Gasteiger partial charge in [0.15, 0.2) is 0 Å². The zero-order chi connectivity index (χ0) is 15.4. The fraction of sp³-hybridized carbons (Fsp3) is 0.235. The molecule has 2 aromatic carbocycles. The summed E-state index contributed by atoms with van der Waals surface area (Å²) in [6.07, 6.45) is 0.856. The van der Waals surface area contributed by atoms with Gasteiger partial charge in [0.25, 0.3) is 0 Å². The molecule has 22 heavy (non-hydrogen) atoms. The average Bonchev–Trinajstić information content (AvgIpc) is 2.97. The predicted octanol–water partition coefficient (Wildman–Crippen LogP) is 4.28. The monoisotopic (exact) mass is 334 g/mol. The SMILES string of the molecule is Clc1ccc(C2=NOC(CNCc3cccc(Cl)c3)C2)cc1. The van der Waals surface area contributed by atoms with E-state index in [1.54, 1.807) is 0 Å². The minimum Gasteiger partial charge on any atom is -0.390 e. The summed E-state index contributed by atoms with van der Waals surface area (Å²) in [7, 11) is 0. The zero-order valence-corrected chi connectivity index (χ0v) is 13.4. The Labute approximate surface area is 139 Å².